The molecule has 1 N–H and O–H groups in total. The molecule has 1 aliphatic carbocycles. The summed E-state index contributed by atoms with van der Waals surface area (Å²) in [6.07, 6.45) is 5.38. The topological polar surface area (TPSA) is 34.1 Å². The Kier molecular flexibility index (Phi) is 4.51. The van der Waals surface area contributed by atoms with Crippen molar-refractivity contribution in [1.82, 2.24) is 4.98 Å². The van der Waals surface area contributed by atoms with Crippen molar-refractivity contribution in [2.45, 2.75) is 38.8 Å². The van der Waals surface area contributed by atoms with Crippen molar-refractivity contribution in [3.05, 3.63) is 59.4 Å². The molecule has 3 heteroatoms. The second-order valence-corrected chi connectivity index (χ2v) is 5.43. The minimum Gasteiger partial charge on any atom is -0.377 e. The van der Waals surface area contributed by atoms with E-state index in [0.29, 0.717) is 12.6 Å². The van der Waals surface area contributed by atoms with Gasteiger partial charge in [0, 0.05) is 24.1 Å². The molecule has 0 bridgehead atoms. The van der Waals surface area contributed by atoms with E-state index in [9.17, 15) is 0 Å². The standard InChI is InChI=1S/C18H22N2O/c1-2-21-13-15-7-3-4-10-16(15)20-17-11-5-8-14-9-6-12-19-18(14)17/h3-4,6-7,9-10,12,17,20H,2,5,8,11,13H2,1H3. The summed E-state index contributed by atoms with van der Waals surface area (Å²) in [6, 6.07) is 12.9. The lowest BCUT2D eigenvalue weighted by Gasteiger charge is -2.27. The largest absolute Gasteiger partial charge is 0.377 e. The van der Waals surface area contributed by atoms with E-state index in [1.54, 1.807) is 0 Å². The molecule has 0 fully saturated rings. The number of rotatable bonds is 5. The van der Waals surface area contributed by atoms with Crippen molar-refractivity contribution in [3.63, 3.8) is 0 Å². The molecule has 110 valence electrons. The number of aryl methyl sites for hydroxylation is 1. The van der Waals surface area contributed by atoms with E-state index in [-0.39, 0.29) is 0 Å². The molecule has 0 aliphatic heterocycles. The Morgan fingerprint density at radius 3 is 3.05 bits per heavy atom. The molecule has 0 amide bonds. The molecular weight excluding hydrogens is 260 g/mol. The number of hydrogen-bond acceptors (Lipinski definition) is 3. The van der Waals surface area contributed by atoms with Gasteiger partial charge in [-0.1, -0.05) is 24.3 Å². The van der Waals surface area contributed by atoms with Gasteiger partial charge in [-0.2, -0.15) is 0 Å². The number of benzene rings is 1. The molecule has 1 atom stereocenters. The Morgan fingerprint density at radius 1 is 1.24 bits per heavy atom. The molecule has 2 aromatic rings. The predicted octanol–water partition coefficient (Wildman–Crippen LogP) is 4.11. The van der Waals surface area contributed by atoms with Gasteiger partial charge in [0.25, 0.3) is 0 Å². The Bertz CT molecular complexity index is 597. The highest BCUT2D eigenvalue weighted by Crippen LogP contribution is 2.31. The number of ether oxygens (including phenoxy) is 1. The molecule has 1 heterocycles. The SMILES string of the molecule is CCOCc1ccccc1NC1CCCc2cccnc21. The predicted molar refractivity (Wildman–Crippen MR) is 85.3 cm³/mol. The van der Waals surface area contributed by atoms with Gasteiger partial charge in [-0.15, -0.1) is 0 Å². The number of nitrogens with one attached hydrogen (secondary N) is 1. The average Bonchev–Trinajstić information content (AvgIpc) is 2.54. The fourth-order valence-electron chi connectivity index (χ4n) is 2.94. The molecule has 3 rings (SSSR count). The maximum absolute atomic E-state index is 5.56. The van der Waals surface area contributed by atoms with Crippen LogP contribution in [0.3, 0.4) is 0 Å². The van der Waals surface area contributed by atoms with Gasteiger partial charge in [0.05, 0.1) is 18.3 Å². The van der Waals surface area contributed by atoms with Crippen LogP contribution in [0.4, 0.5) is 5.69 Å². The Labute approximate surface area is 126 Å². The van der Waals surface area contributed by atoms with Crippen molar-refractivity contribution in [1.29, 1.82) is 0 Å². The number of anilines is 1. The average molecular weight is 282 g/mol. The summed E-state index contributed by atoms with van der Waals surface area (Å²) in [4.78, 5) is 4.59. The molecule has 21 heavy (non-hydrogen) atoms. The number of nitrogens with zero attached hydrogens (tertiary/aromatic N) is 1. The second-order valence-electron chi connectivity index (χ2n) is 5.43. The van der Waals surface area contributed by atoms with Crippen LogP contribution in [0.2, 0.25) is 0 Å². The van der Waals surface area contributed by atoms with Gasteiger partial charge in [-0.25, -0.2) is 0 Å². The lowest BCUT2D eigenvalue weighted by atomic mass is 9.91. The molecule has 3 nitrogen and oxygen atoms in total. The summed E-state index contributed by atoms with van der Waals surface area (Å²) in [5.41, 5.74) is 4.95. The zero-order chi connectivity index (χ0) is 14.5. The number of aromatic nitrogens is 1. The van der Waals surface area contributed by atoms with Gasteiger partial charge in [-0.05, 0) is 43.9 Å². The van der Waals surface area contributed by atoms with Gasteiger partial charge in [0.1, 0.15) is 0 Å². The van der Waals surface area contributed by atoms with E-state index in [1.165, 1.54) is 23.2 Å². The molecular formula is C18H22N2O. The van der Waals surface area contributed by atoms with E-state index in [0.717, 1.165) is 25.1 Å². The van der Waals surface area contributed by atoms with Gasteiger partial charge in [0.15, 0.2) is 0 Å². The minimum absolute atomic E-state index is 0.303. The molecule has 0 radical (unpaired) electrons. The fourth-order valence-corrected chi connectivity index (χ4v) is 2.94. The third kappa shape index (κ3) is 3.24. The highest BCUT2D eigenvalue weighted by molar-refractivity contribution is 5.52. The number of fused-ring (bicyclic) bond motifs is 1. The van der Waals surface area contributed by atoms with E-state index >= 15 is 0 Å². The first-order valence-electron chi connectivity index (χ1n) is 7.74. The zero-order valence-corrected chi connectivity index (χ0v) is 12.5. The number of hydrogen-bond donors (Lipinski definition) is 1. The van der Waals surface area contributed by atoms with E-state index in [1.807, 2.05) is 19.2 Å². The molecule has 1 aromatic carbocycles. The summed E-state index contributed by atoms with van der Waals surface area (Å²) in [5, 5.41) is 3.67. The van der Waals surface area contributed by atoms with Crippen molar-refractivity contribution in [3.8, 4) is 0 Å². The summed E-state index contributed by atoms with van der Waals surface area (Å²) in [7, 11) is 0. The van der Waals surface area contributed by atoms with E-state index in [4.69, 9.17) is 4.74 Å². The van der Waals surface area contributed by atoms with Crippen LogP contribution in [0.5, 0.6) is 0 Å². The third-order valence-electron chi connectivity index (χ3n) is 4.00. The van der Waals surface area contributed by atoms with Crippen LogP contribution >= 0.6 is 0 Å². The zero-order valence-electron chi connectivity index (χ0n) is 12.5. The Hall–Kier alpha value is -1.87. The van der Waals surface area contributed by atoms with Crippen molar-refractivity contribution in [2.75, 3.05) is 11.9 Å². The molecule has 0 spiro atoms. The van der Waals surface area contributed by atoms with Crippen LogP contribution in [-0.4, -0.2) is 11.6 Å². The van der Waals surface area contributed by atoms with Crippen LogP contribution in [0.1, 0.15) is 42.6 Å². The van der Waals surface area contributed by atoms with Crippen molar-refractivity contribution >= 4 is 5.69 Å². The number of para-hydroxylation sites is 1. The van der Waals surface area contributed by atoms with Crippen LogP contribution < -0.4 is 5.32 Å². The van der Waals surface area contributed by atoms with Crippen LogP contribution in [0.25, 0.3) is 0 Å². The summed E-state index contributed by atoms with van der Waals surface area (Å²) >= 11 is 0. The first-order valence-corrected chi connectivity index (χ1v) is 7.74. The molecule has 1 unspecified atom stereocenters. The minimum atomic E-state index is 0.303. The Balaban J connectivity index is 1.81. The lowest BCUT2D eigenvalue weighted by Crippen LogP contribution is -2.19. The van der Waals surface area contributed by atoms with Crippen LogP contribution in [0, 0.1) is 0 Å². The van der Waals surface area contributed by atoms with E-state index < -0.39 is 0 Å². The summed E-state index contributed by atoms with van der Waals surface area (Å²) in [6.45, 7) is 3.42. The Morgan fingerprint density at radius 2 is 2.14 bits per heavy atom. The maximum atomic E-state index is 5.56. The van der Waals surface area contributed by atoms with Crippen molar-refractivity contribution in [2.24, 2.45) is 0 Å². The summed E-state index contributed by atoms with van der Waals surface area (Å²) < 4.78 is 5.56. The van der Waals surface area contributed by atoms with E-state index in [2.05, 4.69) is 40.6 Å². The molecule has 0 saturated carbocycles. The van der Waals surface area contributed by atoms with Gasteiger partial charge in [0.2, 0.25) is 0 Å². The normalized spacial score (nSPS) is 17.3. The van der Waals surface area contributed by atoms with Gasteiger partial charge >= 0.3 is 0 Å². The fraction of sp³-hybridized carbons (Fsp3) is 0.389. The first kappa shape index (κ1) is 14.1. The molecule has 1 aromatic heterocycles. The van der Waals surface area contributed by atoms with Gasteiger partial charge < -0.3 is 10.1 Å². The lowest BCUT2D eigenvalue weighted by molar-refractivity contribution is 0.134. The highest BCUT2D eigenvalue weighted by Gasteiger charge is 2.21. The molecule has 1 aliphatic rings. The molecule has 0 saturated heterocycles. The van der Waals surface area contributed by atoms with Crippen LogP contribution in [-0.2, 0) is 17.8 Å². The van der Waals surface area contributed by atoms with Gasteiger partial charge in [-0.3, -0.25) is 4.98 Å². The number of pyridine rings is 1. The first-order chi connectivity index (χ1) is 10.4. The summed E-state index contributed by atoms with van der Waals surface area (Å²) in [5.74, 6) is 0. The quantitative estimate of drug-likeness (QED) is 0.896. The second kappa shape index (κ2) is 6.72. The monoisotopic (exact) mass is 282 g/mol. The van der Waals surface area contributed by atoms with Crippen molar-refractivity contribution < 1.29 is 4.74 Å². The smallest absolute Gasteiger partial charge is 0.0736 e. The van der Waals surface area contributed by atoms with Crippen LogP contribution in [0.15, 0.2) is 42.6 Å². The third-order valence-corrected chi connectivity index (χ3v) is 4.00. The highest BCUT2D eigenvalue weighted by atomic mass is 16.5. The maximum Gasteiger partial charge on any atom is 0.0736 e.